The molecule has 76 valence electrons. The molecule has 0 bridgehead atoms. The molecule has 0 N–H and O–H groups in total. The van der Waals surface area contributed by atoms with Crippen molar-refractivity contribution in [2.24, 2.45) is 0 Å². The number of ether oxygens (including phenoxy) is 2. The Kier molecular flexibility index (Phi) is 5.44. The molecule has 0 unspecified atom stereocenters. The Morgan fingerprint density at radius 1 is 1.23 bits per heavy atom. The average molecular weight is 293 g/mol. The second-order valence-corrected chi connectivity index (χ2v) is 19.7. The fourth-order valence-corrected chi connectivity index (χ4v) is 4.58. The summed E-state index contributed by atoms with van der Waals surface area (Å²) in [6, 6.07) is 0. The molecule has 0 amide bonds. The number of esters is 1. The quantitative estimate of drug-likeness (QED) is 0.344. The van der Waals surface area contributed by atoms with Crippen molar-refractivity contribution in [3.8, 4) is 0 Å². The summed E-state index contributed by atoms with van der Waals surface area (Å²) >= 11 is -1.90. The van der Waals surface area contributed by atoms with E-state index >= 15 is 0 Å². The summed E-state index contributed by atoms with van der Waals surface area (Å²) in [5.74, 6) is 0.405. The third-order valence-corrected chi connectivity index (χ3v) is 5.47. The van der Waals surface area contributed by atoms with Gasteiger partial charge in [0.15, 0.2) is 0 Å². The zero-order valence-electron chi connectivity index (χ0n) is 9.01. The molecule has 0 aromatic heterocycles. The number of hydrogen-bond donors (Lipinski definition) is 0. The second kappa shape index (κ2) is 5.52. The molecule has 3 nitrogen and oxygen atoms in total. The van der Waals surface area contributed by atoms with Gasteiger partial charge in [0.1, 0.15) is 0 Å². The monoisotopic (exact) mass is 294 g/mol. The van der Waals surface area contributed by atoms with Gasteiger partial charge in [-0.05, 0) is 0 Å². The third kappa shape index (κ3) is 6.92. The van der Waals surface area contributed by atoms with Gasteiger partial charge in [0.2, 0.25) is 0 Å². The standard InChI is InChI=1S/C6H9O3.3CH3.Sn/c1-5(8-2)4-6(7)9-3;;;;/h4H,1H2,2-3H3;3*1H3;/b5-4+;;;;. The minimum absolute atomic E-state index is 0.340. The minimum atomic E-state index is -1.90. The Morgan fingerprint density at radius 3 is 2.08 bits per heavy atom. The summed E-state index contributed by atoms with van der Waals surface area (Å²) in [6.45, 7) is 0. The molecule has 4 heteroatoms. The summed E-state index contributed by atoms with van der Waals surface area (Å²) in [6.07, 6.45) is 1.43. The van der Waals surface area contributed by atoms with Gasteiger partial charge < -0.3 is 0 Å². The van der Waals surface area contributed by atoms with Crippen molar-refractivity contribution in [1.82, 2.24) is 0 Å². The zero-order valence-corrected chi connectivity index (χ0v) is 11.9. The molecule has 0 aromatic carbocycles. The normalized spacial score (nSPS) is 12.5. The summed E-state index contributed by atoms with van der Waals surface area (Å²) in [5.41, 5.74) is 0. The molecule has 0 saturated carbocycles. The van der Waals surface area contributed by atoms with Gasteiger partial charge in [-0.3, -0.25) is 0 Å². The molecular weight excluding hydrogens is 275 g/mol. The van der Waals surface area contributed by atoms with Crippen molar-refractivity contribution in [3.63, 3.8) is 0 Å². The van der Waals surface area contributed by atoms with Crippen LogP contribution in [0.4, 0.5) is 0 Å². The van der Waals surface area contributed by atoms with Gasteiger partial charge in [0.05, 0.1) is 0 Å². The van der Waals surface area contributed by atoms with Crippen LogP contribution in [0.15, 0.2) is 11.8 Å². The van der Waals surface area contributed by atoms with Gasteiger partial charge in [-0.1, -0.05) is 0 Å². The fraction of sp³-hybridized carbons (Fsp3) is 0.667. The molecular formula is C9H18O3Sn. The summed E-state index contributed by atoms with van der Waals surface area (Å²) in [5, 5.41) is 0. The topological polar surface area (TPSA) is 35.5 Å². The summed E-state index contributed by atoms with van der Waals surface area (Å²) in [4.78, 5) is 17.8. The number of carbonyl (C=O) groups is 1. The van der Waals surface area contributed by atoms with Crippen LogP contribution in [0.25, 0.3) is 0 Å². The Balaban J connectivity index is 4.34. The van der Waals surface area contributed by atoms with Gasteiger partial charge in [0, 0.05) is 0 Å². The molecule has 0 aliphatic rings. The average Bonchev–Trinajstić information content (AvgIpc) is 2.00. The summed E-state index contributed by atoms with van der Waals surface area (Å²) in [7, 11) is 2.96. The van der Waals surface area contributed by atoms with Crippen LogP contribution >= 0.6 is 0 Å². The van der Waals surface area contributed by atoms with Crippen LogP contribution in [-0.4, -0.2) is 38.6 Å². The van der Waals surface area contributed by atoms with Crippen molar-refractivity contribution in [2.45, 2.75) is 19.3 Å². The van der Waals surface area contributed by atoms with E-state index in [1.54, 1.807) is 7.11 Å². The van der Waals surface area contributed by atoms with Crippen molar-refractivity contribution in [2.75, 3.05) is 14.2 Å². The Bertz CT molecular complexity index is 203. The molecule has 0 fully saturated rings. The first-order valence-corrected chi connectivity index (χ1v) is 14.8. The molecule has 0 atom stereocenters. The predicted octanol–water partition coefficient (Wildman–Crippen LogP) is 2.03. The van der Waals surface area contributed by atoms with E-state index < -0.39 is 18.4 Å². The van der Waals surface area contributed by atoms with Gasteiger partial charge >= 0.3 is 83.9 Å². The van der Waals surface area contributed by atoms with Gasteiger partial charge in [0.25, 0.3) is 0 Å². The first-order chi connectivity index (χ1) is 5.89. The number of methoxy groups -OCH3 is 2. The van der Waals surface area contributed by atoms with Crippen LogP contribution in [0.1, 0.15) is 0 Å². The van der Waals surface area contributed by atoms with Gasteiger partial charge in [-0.25, -0.2) is 0 Å². The molecule has 13 heavy (non-hydrogen) atoms. The van der Waals surface area contributed by atoms with Crippen LogP contribution in [0.3, 0.4) is 0 Å². The van der Waals surface area contributed by atoms with Crippen LogP contribution in [0.2, 0.25) is 19.3 Å². The molecule has 0 aromatic rings. The molecule has 0 aliphatic carbocycles. The van der Waals surface area contributed by atoms with Crippen molar-refractivity contribution in [1.29, 1.82) is 0 Å². The van der Waals surface area contributed by atoms with E-state index in [9.17, 15) is 4.79 Å². The van der Waals surface area contributed by atoms with E-state index in [2.05, 4.69) is 19.6 Å². The maximum atomic E-state index is 10.9. The van der Waals surface area contributed by atoms with E-state index in [0.29, 0.717) is 0 Å². The molecule has 0 saturated heterocycles. The van der Waals surface area contributed by atoms with Crippen LogP contribution in [0.5, 0.6) is 0 Å². The first kappa shape index (κ1) is 12.8. The summed E-state index contributed by atoms with van der Waals surface area (Å²) < 4.78 is 10.6. The van der Waals surface area contributed by atoms with Gasteiger partial charge in [-0.15, -0.1) is 0 Å². The van der Waals surface area contributed by atoms with Crippen LogP contribution in [0, 0.1) is 0 Å². The van der Waals surface area contributed by atoms with Crippen LogP contribution < -0.4 is 0 Å². The van der Waals surface area contributed by atoms with Crippen molar-refractivity contribution < 1.29 is 14.3 Å². The Morgan fingerprint density at radius 2 is 1.77 bits per heavy atom. The molecule has 0 spiro atoms. The predicted molar refractivity (Wildman–Crippen MR) is 55.3 cm³/mol. The van der Waals surface area contributed by atoms with E-state index in [4.69, 9.17) is 4.74 Å². The first-order valence-electron chi connectivity index (χ1n) is 4.21. The molecule has 0 aliphatic heterocycles. The van der Waals surface area contributed by atoms with E-state index in [1.165, 1.54) is 13.2 Å². The fourth-order valence-electron chi connectivity index (χ4n) is 0.895. The number of rotatable bonds is 4. The number of allylic oxidation sites excluding steroid dienone is 1. The SMILES string of the molecule is COC(=O)/C=C(\[CH2][Sn]([CH3])([CH3])[CH3])OC. The molecule has 0 radical (unpaired) electrons. The van der Waals surface area contributed by atoms with Crippen molar-refractivity contribution in [3.05, 3.63) is 11.8 Å². The number of carbonyl (C=O) groups excluding carboxylic acids is 1. The Hall–Kier alpha value is -0.191. The van der Waals surface area contributed by atoms with E-state index in [-0.39, 0.29) is 5.97 Å². The van der Waals surface area contributed by atoms with Crippen molar-refractivity contribution >= 4 is 24.3 Å². The maximum absolute atomic E-state index is 10.9. The number of hydrogen-bond acceptors (Lipinski definition) is 3. The zero-order chi connectivity index (χ0) is 10.5. The molecule has 0 rings (SSSR count). The third-order valence-electron chi connectivity index (χ3n) is 1.45. The van der Waals surface area contributed by atoms with Crippen LogP contribution in [-0.2, 0) is 14.3 Å². The Labute approximate surface area is 84.0 Å². The van der Waals surface area contributed by atoms with E-state index in [0.717, 1.165) is 10.2 Å². The second-order valence-electron chi connectivity index (χ2n) is 4.08. The molecule has 0 heterocycles. The van der Waals surface area contributed by atoms with E-state index in [1.807, 2.05) is 0 Å². The van der Waals surface area contributed by atoms with Gasteiger partial charge in [-0.2, -0.15) is 0 Å².